The number of thioether (sulfide) groups is 1. The summed E-state index contributed by atoms with van der Waals surface area (Å²) in [5.41, 5.74) is 5.30. The lowest BCUT2D eigenvalue weighted by molar-refractivity contribution is 0.630. The van der Waals surface area contributed by atoms with Gasteiger partial charge in [0.25, 0.3) is 0 Å². The Hall–Kier alpha value is 0.230. The zero-order valence-electron chi connectivity index (χ0n) is 7.23. The number of nitrogens with one attached hydrogen (secondary N) is 2. The van der Waals surface area contributed by atoms with Crippen LogP contribution >= 0.6 is 11.8 Å². The summed E-state index contributed by atoms with van der Waals surface area (Å²) in [6.45, 7) is 4.81. The Morgan fingerprint density at radius 2 is 1.73 bits per heavy atom. The van der Waals surface area contributed by atoms with Gasteiger partial charge in [-0.3, -0.25) is 0 Å². The van der Waals surface area contributed by atoms with Crippen molar-refractivity contribution in [3.05, 3.63) is 0 Å². The Morgan fingerprint density at radius 3 is 2.27 bits per heavy atom. The second kappa shape index (κ2) is 10.2. The molecule has 0 amide bonds. The molecule has 0 fully saturated rings. The highest BCUT2D eigenvalue weighted by molar-refractivity contribution is 7.98. The molecule has 0 saturated carbocycles. The molecule has 4 heteroatoms. The highest BCUT2D eigenvalue weighted by Gasteiger charge is 1.85. The Morgan fingerprint density at radius 1 is 1.09 bits per heavy atom. The van der Waals surface area contributed by atoms with E-state index in [1.807, 2.05) is 11.8 Å². The summed E-state index contributed by atoms with van der Waals surface area (Å²) < 4.78 is 0. The maximum atomic E-state index is 5.30. The first-order valence-corrected chi connectivity index (χ1v) is 5.41. The number of hydrogen-bond donors (Lipinski definition) is 3. The van der Waals surface area contributed by atoms with E-state index in [-0.39, 0.29) is 0 Å². The summed E-state index contributed by atoms with van der Waals surface area (Å²) in [4.78, 5) is 0. The molecule has 0 rings (SSSR count). The molecule has 0 spiro atoms. The molecule has 0 aromatic carbocycles. The summed E-state index contributed by atoms with van der Waals surface area (Å²) in [6, 6.07) is 0. The van der Waals surface area contributed by atoms with Gasteiger partial charge in [0.05, 0.1) is 0 Å². The number of hydrogen-bond acceptors (Lipinski definition) is 4. The van der Waals surface area contributed by atoms with Gasteiger partial charge in [-0.25, -0.2) is 0 Å². The van der Waals surface area contributed by atoms with Gasteiger partial charge in [0.15, 0.2) is 0 Å². The first-order valence-electron chi connectivity index (χ1n) is 4.02. The Balaban J connectivity index is 2.69. The molecule has 0 aromatic heterocycles. The van der Waals surface area contributed by atoms with Crippen molar-refractivity contribution in [2.75, 3.05) is 44.7 Å². The van der Waals surface area contributed by atoms with Gasteiger partial charge < -0.3 is 16.4 Å². The van der Waals surface area contributed by atoms with Crippen molar-refractivity contribution in [1.82, 2.24) is 10.6 Å². The first-order chi connectivity index (χ1) is 5.41. The van der Waals surface area contributed by atoms with Crippen LogP contribution in [0.15, 0.2) is 0 Å². The minimum atomic E-state index is 0.727. The predicted molar refractivity (Wildman–Crippen MR) is 53.2 cm³/mol. The molecule has 0 radical (unpaired) electrons. The Labute approximate surface area is 73.5 Å². The molecule has 11 heavy (non-hydrogen) atoms. The van der Waals surface area contributed by atoms with E-state index in [0.29, 0.717) is 0 Å². The van der Waals surface area contributed by atoms with Crippen LogP contribution in [0.25, 0.3) is 0 Å². The van der Waals surface area contributed by atoms with Gasteiger partial charge in [-0.05, 0) is 6.26 Å². The zero-order chi connectivity index (χ0) is 8.36. The van der Waals surface area contributed by atoms with Gasteiger partial charge in [0.1, 0.15) is 0 Å². The quantitative estimate of drug-likeness (QED) is 0.437. The van der Waals surface area contributed by atoms with Crippen LogP contribution in [-0.4, -0.2) is 44.7 Å². The van der Waals surface area contributed by atoms with E-state index in [2.05, 4.69) is 16.9 Å². The van der Waals surface area contributed by atoms with Crippen molar-refractivity contribution in [2.45, 2.75) is 0 Å². The molecule has 4 N–H and O–H groups in total. The largest absolute Gasteiger partial charge is 0.329 e. The van der Waals surface area contributed by atoms with E-state index in [1.165, 1.54) is 5.75 Å². The summed E-state index contributed by atoms with van der Waals surface area (Å²) in [6.07, 6.45) is 2.12. The monoisotopic (exact) mass is 177 g/mol. The molecular weight excluding hydrogens is 158 g/mol. The molecule has 0 unspecified atom stereocenters. The number of nitrogens with two attached hydrogens (primary N) is 1. The second-order valence-corrected chi connectivity index (χ2v) is 3.27. The summed E-state index contributed by atoms with van der Waals surface area (Å²) in [7, 11) is 0. The average molecular weight is 177 g/mol. The van der Waals surface area contributed by atoms with Crippen LogP contribution in [0.2, 0.25) is 0 Å². The predicted octanol–water partition coefficient (Wildman–Crippen LogP) is -0.513. The topological polar surface area (TPSA) is 50.1 Å². The third kappa shape index (κ3) is 10.2. The molecule has 0 heterocycles. The van der Waals surface area contributed by atoms with Crippen molar-refractivity contribution in [1.29, 1.82) is 0 Å². The van der Waals surface area contributed by atoms with Gasteiger partial charge in [0.2, 0.25) is 0 Å². The Bertz CT molecular complexity index is 62.7. The molecule has 0 saturated heterocycles. The van der Waals surface area contributed by atoms with Crippen LogP contribution in [0.4, 0.5) is 0 Å². The van der Waals surface area contributed by atoms with Crippen LogP contribution in [0.5, 0.6) is 0 Å². The van der Waals surface area contributed by atoms with Crippen molar-refractivity contribution < 1.29 is 0 Å². The molecule has 0 aromatic rings. The standard InChI is InChI=1S/C7H19N3S/c1-11-7-6-10-5-4-9-3-2-8/h9-10H,2-8H2,1H3. The SMILES string of the molecule is CSCCNCCNCCN. The number of rotatable bonds is 8. The van der Waals surface area contributed by atoms with Gasteiger partial charge in [-0.2, -0.15) is 11.8 Å². The van der Waals surface area contributed by atoms with E-state index < -0.39 is 0 Å². The molecule has 0 aliphatic rings. The molecule has 0 aliphatic heterocycles. The molecule has 0 bridgehead atoms. The molecule has 68 valence electrons. The van der Waals surface area contributed by atoms with Crippen LogP contribution in [-0.2, 0) is 0 Å². The summed E-state index contributed by atoms with van der Waals surface area (Å²) in [5, 5.41) is 6.54. The fourth-order valence-electron chi connectivity index (χ4n) is 0.703. The third-order valence-corrected chi connectivity index (χ3v) is 1.90. The highest BCUT2D eigenvalue weighted by atomic mass is 32.2. The summed E-state index contributed by atoms with van der Waals surface area (Å²) in [5.74, 6) is 1.19. The zero-order valence-corrected chi connectivity index (χ0v) is 8.04. The average Bonchev–Trinajstić information content (AvgIpc) is 2.03. The van der Waals surface area contributed by atoms with Crippen molar-refractivity contribution in [3.8, 4) is 0 Å². The second-order valence-electron chi connectivity index (χ2n) is 2.28. The maximum Gasteiger partial charge on any atom is 0.00772 e. The molecule has 0 atom stereocenters. The van der Waals surface area contributed by atoms with Crippen molar-refractivity contribution >= 4 is 11.8 Å². The lowest BCUT2D eigenvalue weighted by Gasteiger charge is -2.03. The van der Waals surface area contributed by atoms with Gasteiger partial charge >= 0.3 is 0 Å². The van der Waals surface area contributed by atoms with Crippen molar-refractivity contribution in [2.24, 2.45) is 5.73 Å². The van der Waals surface area contributed by atoms with Crippen LogP contribution in [0.1, 0.15) is 0 Å². The third-order valence-electron chi connectivity index (χ3n) is 1.28. The van der Waals surface area contributed by atoms with E-state index in [4.69, 9.17) is 5.73 Å². The lowest BCUT2D eigenvalue weighted by Crippen LogP contribution is -2.31. The lowest BCUT2D eigenvalue weighted by atomic mass is 10.5. The van der Waals surface area contributed by atoms with Gasteiger partial charge in [0, 0.05) is 38.5 Å². The fourth-order valence-corrected chi connectivity index (χ4v) is 1.05. The Kier molecular flexibility index (Phi) is 10.4. The van der Waals surface area contributed by atoms with Crippen LogP contribution < -0.4 is 16.4 Å². The van der Waals surface area contributed by atoms with E-state index >= 15 is 0 Å². The van der Waals surface area contributed by atoms with E-state index in [0.717, 1.165) is 32.7 Å². The minimum Gasteiger partial charge on any atom is -0.329 e. The van der Waals surface area contributed by atoms with E-state index in [1.54, 1.807) is 0 Å². The minimum absolute atomic E-state index is 0.727. The van der Waals surface area contributed by atoms with Crippen LogP contribution in [0, 0.1) is 0 Å². The van der Waals surface area contributed by atoms with Crippen molar-refractivity contribution in [3.63, 3.8) is 0 Å². The maximum absolute atomic E-state index is 5.30. The molecule has 3 nitrogen and oxygen atoms in total. The fraction of sp³-hybridized carbons (Fsp3) is 1.00. The molecule has 0 aliphatic carbocycles. The van der Waals surface area contributed by atoms with Gasteiger partial charge in [-0.15, -0.1) is 0 Å². The van der Waals surface area contributed by atoms with E-state index in [9.17, 15) is 0 Å². The molecular formula is C7H19N3S. The van der Waals surface area contributed by atoms with Gasteiger partial charge in [-0.1, -0.05) is 0 Å². The first kappa shape index (κ1) is 11.2. The van der Waals surface area contributed by atoms with Crippen LogP contribution in [0.3, 0.4) is 0 Å². The smallest absolute Gasteiger partial charge is 0.00772 e. The summed E-state index contributed by atoms with van der Waals surface area (Å²) >= 11 is 1.87. The normalized spacial score (nSPS) is 10.4. The highest BCUT2D eigenvalue weighted by Crippen LogP contribution is 1.85.